The van der Waals surface area contributed by atoms with Gasteiger partial charge in [-0.25, -0.2) is 4.68 Å². The molecule has 0 saturated carbocycles. The van der Waals surface area contributed by atoms with Gasteiger partial charge in [0, 0.05) is 16.1 Å². The van der Waals surface area contributed by atoms with Gasteiger partial charge in [-0.1, -0.05) is 46.3 Å². The monoisotopic (exact) mass is 342 g/mol. The molecule has 0 aliphatic heterocycles. The predicted molar refractivity (Wildman–Crippen MR) is 87.9 cm³/mol. The van der Waals surface area contributed by atoms with E-state index >= 15 is 0 Å². The molecule has 3 rings (SSSR count). The average Bonchev–Trinajstić information content (AvgIpc) is 2.93. The smallest absolute Gasteiger partial charge is 0.217 e. The first-order valence-electron chi connectivity index (χ1n) is 6.82. The van der Waals surface area contributed by atoms with Crippen molar-refractivity contribution in [1.29, 1.82) is 0 Å². The Balaban J connectivity index is 2.06. The van der Waals surface area contributed by atoms with Crippen LogP contribution in [-0.4, -0.2) is 16.4 Å². The molecule has 0 fully saturated rings. The Bertz CT molecular complexity index is 720. The van der Waals surface area contributed by atoms with E-state index in [4.69, 9.17) is 4.74 Å². The molecule has 1 heterocycles. The summed E-state index contributed by atoms with van der Waals surface area (Å²) in [4.78, 5) is 0. The molecule has 0 atom stereocenters. The van der Waals surface area contributed by atoms with Gasteiger partial charge in [-0.2, -0.15) is 5.10 Å². The summed E-state index contributed by atoms with van der Waals surface area (Å²) in [5.41, 5.74) is 2.96. The lowest BCUT2D eigenvalue weighted by Gasteiger charge is -2.07. The summed E-state index contributed by atoms with van der Waals surface area (Å²) in [6.45, 7) is 2.58. The van der Waals surface area contributed by atoms with Crippen molar-refractivity contribution in [3.05, 3.63) is 65.1 Å². The topological polar surface area (TPSA) is 27.1 Å². The Morgan fingerprint density at radius 3 is 2.43 bits per heavy atom. The summed E-state index contributed by atoms with van der Waals surface area (Å²) in [6.07, 6.45) is 0. The second kappa shape index (κ2) is 6.14. The Kier molecular flexibility index (Phi) is 4.06. The summed E-state index contributed by atoms with van der Waals surface area (Å²) in [5, 5.41) is 4.68. The molecule has 2 aromatic carbocycles. The molecule has 0 spiro atoms. The fourth-order valence-corrected chi connectivity index (χ4v) is 2.40. The molecule has 0 amide bonds. The van der Waals surface area contributed by atoms with Gasteiger partial charge in [0.2, 0.25) is 5.88 Å². The number of benzene rings is 2. The fraction of sp³-hybridized carbons (Fsp3) is 0.118. The number of ether oxygens (including phenoxy) is 1. The number of nitrogens with zero attached hydrogens (tertiary/aromatic N) is 2. The van der Waals surface area contributed by atoms with E-state index in [9.17, 15) is 0 Å². The molecule has 0 radical (unpaired) electrons. The molecule has 0 aliphatic carbocycles. The SMILES string of the molecule is CCOc1cc(-c2ccccc2)nn1-c1ccc(Br)cc1. The van der Waals surface area contributed by atoms with Crippen molar-refractivity contribution in [3.8, 4) is 22.8 Å². The van der Waals surface area contributed by atoms with Gasteiger partial charge in [-0.3, -0.25) is 0 Å². The number of hydrogen-bond donors (Lipinski definition) is 0. The minimum Gasteiger partial charge on any atom is -0.478 e. The highest BCUT2D eigenvalue weighted by molar-refractivity contribution is 9.10. The van der Waals surface area contributed by atoms with Crippen molar-refractivity contribution in [3.63, 3.8) is 0 Å². The quantitative estimate of drug-likeness (QED) is 0.687. The molecule has 0 bridgehead atoms. The molecule has 4 heteroatoms. The van der Waals surface area contributed by atoms with Crippen LogP contribution in [0.1, 0.15) is 6.92 Å². The number of aromatic nitrogens is 2. The molecule has 0 unspecified atom stereocenters. The summed E-state index contributed by atoms with van der Waals surface area (Å²) in [7, 11) is 0. The van der Waals surface area contributed by atoms with Crippen molar-refractivity contribution in [1.82, 2.24) is 9.78 Å². The van der Waals surface area contributed by atoms with Gasteiger partial charge in [0.05, 0.1) is 18.0 Å². The maximum absolute atomic E-state index is 5.71. The lowest BCUT2D eigenvalue weighted by molar-refractivity contribution is 0.316. The maximum atomic E-state index is 5.71. The first kappa shape index (κ1) is 13.9. The van der Waals surface area contributed by atoms with Crippen LogP contribution < -0.4 is 4.74 Å². The van der Waals surface area contributed by atoms with Gasteiger partial charge in [-0.05, 0) is 31.2 Å². The van der Waals surface area contributed by atoms with Crippen LogP contribution in [0.15, 0.2) is 65.1 Å². The third-order valence-corrected chi connectivity index (χ3v) is 3.64. The Labute approximate surface area is 132 Å². The van der Waals surface area contributed by atoms with Gasteiger partial charge < -0.3 is 4.74 Å². The molecule has 106 valence electrons. The van der Waals surface area contributed by atoms with E-state index in [1.54, 1.807) is 0 Å². The molecule has 1 aromatic heterocycles. The molecule has 3 nitrogen and oxygen atoms in total. The zero-order valence-corrected chi connectivity index (χ0v) is 13.2. The first-order valence-corrected chi connectivity index (χ1v) is 7.61. The van der Waals surface area contributed by atoms with Crippen LogP contribution in [0.2, 0.25) is 0 Å². The van der Waals surface area contributed by atoms with Crippen LogP contribution in [-0.2, 0) is 0 Å². The summed E-state index contributed by atoms with van der Waals surface area (Å²) >= 11 is 3.45. The Morgan fingerprint density at radius 1 is 1.05 bits per heavy atom. The standard InChI is InChI=1S/C17H15BrN2O/c1-2-21-17-12-16(13-6-4-3-5-7-13)19-20(17)15-10-8-14(18)9-11-15/h3-12H,2H2,1H3. The summed E-state index contributed by atoms with van der Waals surface area (Å²) in [6, 6.07) is 20.1. The van der Waals surface area contributed by atoms with Crippen LogP contribution in [0.3, 0.4) is 0 Å². The molecule has 0 aliphatic rings. The van der Waals surface area contributed by atoms with Crippen LogP contribution in [0.25, 0.3) is 16.9 Å². The van der Waals surface area contributed by atoms with Crippen LogP contribution >= 0.6 is 15.9 Å². The van der Waals surface area contributed by atoms with Gasteiger partial charge in [0.1, 0.15) is 0 Å². The molecule has 0 N–H and O–H groups in total. The van der Waals surface area contributed by atoms with E-state index in [0.717, 1.165) is 27.3 Å². The second-order valence-corrected chi connectivity index (χ2v) is 5.47. The van der Waals surface area contributed by atoms with Gasteiger partial charge in [0.25, 0.3) is 0 Å². The fourth-order valence-electron chi connectivity index (χ4n) is 2.13. The first-order chi connectivity index (χ1) is 10.3. The second-order valence-electron chi connectivity index (χ2n) is 4.56. The molecule has 0 saturated heterocycles. The van der Waals surface area contributed by atoms with Crippen molar-refractivity contribution >= 4 is 15.9 Å². The number of rotatable bonds is 4. The number of halogens is 1. The Morgan fingerprint density at radius 2 is 1.76 bits per heavy atom. The lowest BCUT2D eigenvalue weighted by Crippen LogP contribution is -2.02. The van der Waals surface area contributed by atoms with Gasteiger partial charge in [0.15, 0.2) is 0 Å². The molecular formula is C17H15BrN2O. The highest BCUT2D eigenvalue weighted by Crippen LogP contribution is 2.26. The summed E-state index contributed by atoms with van der Waals surface area (Å²) in [5.74, 6) is 0.749. The van der Waals surface area contributed by atoms with E-state index < -0.39 is 0 Å². The van der Waals surface area contributed by atoms with Crippen LogP contribution in [0.4, 0.5) is 0 Å². The van der Waals surface area contributed by atoms with Crippen LogP contribution in [0.5, 0.6) is 5.88 Å². The van der Waals surface area contributed by atoms with Crippen molar-refractivity contribution in [2.24, 2.45) is 0 Å². The third-order valence-electron chi connectivity index (χ3n) is 3.11. The largest absolute Gasteiger partial charge is 0.478 e. The zero-order chi connectivity index (χ0) is 14.7. The number of hydrogen-bond acceptors (Lipinski definition) is 2. The highest BCUT2D eigenvalue weighted by Gasteiger charge is 2.11. The van der Waals surface area contributed by atoms with E-state index in [0.29, 0.717) is 6.61 Å². The van der Waals surface area contributed by atoms with Gasteiger partial charge >= 0.3 is 0 Å². The minimum atomic E-state index is 0.608. The normalized spacial score (nSPS) is 10.6. The van der Waals surface area contributed by atoms with Crippen molar-refractivity contribution < 1.29 is 4.74 Å². The predicted octanol–water partition coefficient (Wildman–Crippen LogP) is 4.70. The minimum absolute atomic E-state index is 0.608. The van der Waals surface area contributed by atoms with Crippen molar-refractivity contribution in [2.45, 2.75) is 6.92 Å². The zero-order valence-electron chi connectivity index (χ0n) is 11.7. The summed E-state index contributed by atoms with van der Waals surface area (Å²) < 4.78 is 8.59. The molecule has 3 aromatic rings. The van der Waals surface area contributed by atoms with E-state index in [1.165, 1.54) is 0 Å². The molecule has 21 heavy (non-hydrogen) atoms. The third kappa shape index (κ3) is 3.00. The Hall–Kier alpha value is -2.07. The van der Waals surface area contributed by atoms with Gasteiger partial charge in [-0.15, -0.1) is 0 Å². The van der Waals surface area contributed by atoms with Crippen LogP contribution in [0, 0.1) is 0 Å². The molecular weight excluding hydrogens is 328 g/mol. The maximum Gasteiger partial charge on any atom is 0.217 e. The van der Waals surface area contributed by atoms with E-state index in [1.807, 2.05) is 72.3 Å². The van der Waals surface area contributed by atoms with E-state index in [-0.39, 0.29) is 0 Å². The average molecular weight is 343 g/mol. The lowest BCUT2D eigenvalue weighted by atomic mass is 10.2. The van der Waals surface area contributed by atoms with Crippen molar-refractivity contribution in [2.75, 3.05) is 6.61 Å². The highest BCUT2D eigenvalue weighted by atomic mass is 79.9. The van der Waals surface area contributed by atoms with E-state index in [2.05, 4.69) is 21.0 Å².